The van der Waals surface area contributed by atoms with E-state index in [9.17, 15) is 9.50 Å². The molecule has 0 aliphatic carbocycles. The number of aryl methyl sites for hydroxylation is 1. The van der Waals surface area contributed by atoms with Gasteiger partial charge >= 0.3 is 0 Å². The fraction of sp³-hybridized carbons (Fsp3) is 0.433. The molecule has 8 heteroatoms. The van der Waals surface area contributed by atoms with Gasteiger partial charge in [-0.3, -0.25) is 0 Å². The fourth-order valence-electron chi connectivity index (χ4n) is 4.60. The van der Waals surface area contributed by atoms with Gasteiger partial charge in [-0.1, -0.05) is 75.9 Å². The number of benzene rings is 1. The van der Waals surface area contributed by atoms with Crippen LogP contribution in [0.15, 0.2) is 60.9 Å². The van der Waals surface area contributed by atoms with Crippen molar-refractivity contribution in [1.82, 2.24) is 19.6 Å². The number of hydrogen-bond acceptors (Lipinski definition) is 6. The molecule has 202 valence electrons. The van der Waals surface area contributed by atoms with E-state index in [0.717, 1.165) is 73.4 Å². The summed E-state index contributed by atoms with van der Waals surface area (Å²) in [4.78, 5) is 8.59. The Kier molecular flexibility index (Phi) is 10.0. The van der Waals surface area contributed by atoms with Crippen LogP contribution in [-0.2, 0) is 13.0 Å². The van der Waals surface area contributed by atoms with E-state index in [2.05, 4.69) is 46.7 Å². The zero-order valence-corrected chi connectivity index (χ0v) is 22.4. The third-order valence-electron chi connectivity index (χ3n) is 6.82. The molecule has 0 fully saturated rings. The molecule has 0 spiro atoms. The Labute approximate surface area is 224 Å². The Morgan fingerprint density at radius 2 is 1.74 bits per heavy atom. The maximum absolute atomic E-state index is 12.9. The summed E-state index contributed by atoms with van der Waals surface area (Å²) < 4.78 is 14.8. The van der Waals surface area contributed by atoms with Gasteiger partial charge in [-0.05, 0) is 42.4 Å². The van der Waals surface area contributed by atoms with Gasteiger partial charge in [0.25, 0.3) is 0 Å². The Bertz CT molecular complexity index is 1260. The van der Waals surface area contributed by atoms with Crippen LogP contribution < -0.4 is 10.6 Å². The second-order valence-electron chi connectivity index (χ2n) is 10.2. The molecule has 3 aromatic heterocycles. The minimum Gasteiger partial charge on any atom is -0.394 e. The van der Waals surface area contributed by atoms with Gasteiger partial charge in [0.1, 0.15) is 11.6 Å². The van der Waals surface area contributed by atoms with Crippen LogP contribution in [0.2, 0.25) is 0 Å². The average Bonchev–Trinajstić information content (AvgIpc) is 3.36. The summed E-state index contributed by atoms with van der Waals surface area (Å²) in [6.45, 7) is 5.01. The topological polar surface area (TPSA) is 87.4 Å². The summed E-state index contributed by atoms with van der Waals surface area (Å²) in [7, 11) is 0. The van der Waals surface area contributed by atoms with Gasteiger partial charge in [0.15, 0.2) is 5.65 Å². The molecule has 0 saturated carbocycles. The zero-order valence-electron chi connectivity index (χ0n) is 22.4. The van der Waals surface area contributed by atoms with E-state index in [4.69, 9.17) is 4.98 Å². The van der Waals surface area contributed by atoms with Crippen LogP contribution in [0.3, 0.4) is 0 Å². The minimum absolute atomic E-state index is 0.0491. The van der Waals surface area contributed by atoms with Crippen molar-refractivity contribution < 1.29 is 9.50 Å². The number of hydrogen-bond donors (Lipinski definition) is 3. The average molecular weight is 519 g/mol. The van der Waals surface area contributed by atoms with Crippen LogP contribution in [0.5, 0.6) is 0 Å². The number of anilines is 2. The van der Waals surface area contributed by atoms with Gasteiger partial charge in [0, 0.05) is 24.4 Å². The van der Waals surface area contributed by atoms with E-state index in [1.807, 2.05) is 41.0 Å². The monoisotopic (exact) mass is 518 g/mol. The molecule has 4 aromatic rings. The second kappa shape index (κ2) is 13.9. The van der Waals surface area contributed by atoms with Crippen molar-refractivity contribution in [3.05, 3.63) is 83.6 Å². The molecular formula is C30H39FN6O. The normalized spacial score (nSPS) is 12.2. The van der Waals surface area contributed by atoms with E-state index in [1.165, 1.54) is 11.6 Å². The van der Waals surface area contributed by atoms with Crippen molar-refractivity contribution in [2.75, 3.05) is 17.2 Å². The van der Waals surface area contributed by atoms with Crippen LogP contribution in [0, 0.1) is 5.95 Å². The lowest BCUT2D eigenvalue weighted by Gasteiger charge is -2.18. The maximum atomic E-state index is 12.9. The van der Waals surface area contributed by atoms with Crippen LogP contribution in [0.1, 0.15) is 75.0 Å². The fourth-order valence-corrected chi connectivity index (χ4v) is 4.60. The van der Waals surface area contributed by atoms with Gasteiger partial charge < -0.3 is 15.7 Å². The highest BCUT2D eigenvalue weighted by Gasteiger charge is 2.16. The van der Waals surface area contributed by atoms with Crippen LogP contribution in [-0.4, -0.2) is 37.3 Å². The molecular weight excluding hydrogens is 479 g/mol. The lowest BCUT2D eigenvalue weighted by Crippen LogP contribution is -2.24. The SMILES string of the molecule is CC(C)c1cnn2c(NCc3ccccc3)cc(N[C@@H](CO)CCCCCCCc3ccc(F)nc3)nc12. The molecule has 0 radical (unpaired) electrons. The smallest absolute Gasteiger partial charge is 0.212 e. The summed E-state index contributed by atoms with van der Waals surface area (Å²) in [6.07, 6.45) is 10.8. The molecule has 3 heterocycles. The Morgan fingerprint density at radius 3 is 2.47 bits per heavy atom. The van der Waals surface area contributed by atoms with Crippen molar-refractivity contribution in [2.24, 2.45) is 0 Å². The first-order valence-electron chi connectivity index (χ1n) is 13.7. The predicted molar refractivity (Wildman–Crippen MR) is 151 cm³/mol. The van der Waals surface area contributed by atoms with E-state index < -0.39 is 5.95 Å². The number of nitrogens with one attached hydrogen (secondary N) is 2. The molecule has 1 atom stereocenters. The molecule has 0 unspecified atom stereocenters. The van der Waals surface area contributed by atoms with Crippen LogP contribution in [0.4, 0.5) is 16.0 Å². The Balaban J connectivity index is 1.31. The molecule has 1 aromatic carbocycles. The van der Waals surface area contributed by atoms with E-state index >= 15 is 0 Å². The molecule has 7 nitrogen and oxygen atoms in total. The largest absolute Gasteiger partial charge is 0.394 e. The van der Waals surface area contributed by atoms with Gasteiger partial charge in [-0.25, -0.2) is 9.97 Å². The molecule has 0 bridgehead atoms. The summed E-state index contributed by atoms with van der Waals surface area (Å²) in [5.74, 6) is 1.47. The molecule has 38 heavy (non-hydrogen) atoms. The lowest BCUT2D eigenvalue weighted by molar-refractivity contribution is 0.266. The first-order chi connectivity index (χ1) is 18.5. The molecule has 0 saturated heterocycles. The first kappa shape index (κ1) is 27.5. The maximum Gasteiger partial charge on any atom is 0.212 e. The first-order valence-corrected chi connectivity index (χ1v) is 13.7. The summed E-state index contributed by atoms with van der Waals surface area (Å²) >= 11 is 0. The van der Waals surface area contributed by atoms with Crippen LogP contribution in [0.25, 0.3) is 5.65 Å². The number of aliphatic hydroxyl groups excluding tert-OH is 1. The standard InChI is InChI=1S/C30H39FN6O/c1-22(2)26-20-34-37-29(33-19-23-11-8-6-9-12-23)17-28(36-30(26)37)35-25(21-38)14-10-5-3-4-7-13-24-15-16-27(31)32-18-24/h6,8-9,11-12,15-18,20,22,25,33,38H,3-5,7,10,13-14,19,21H2,1-2H3,(H,35,36)/t25-/m1/s1. The minimum atomic E-state index is -0.430. The highest BCUT2D eigenvalue weighted by molar-refractivity contribution is 5.61. The number of unbranched alkanes of at least 4 members (excludes halogenated alkanes) is 4. The third-order valence-corrected chi connectivity index (χ3v) is 6.82. The van der Waals surface area contributed by atoms with E-state index in [-0.39, 0.29) is 12.6 Å². The number of rotatable bonds is 15. The molecule has 3 N–H and O–H groups in total. The van der Waals surface area contributed by atoms with E-state index in [0.29, 0.717) is 12.5 Å². The number of pyridine rings is 1. The van der Waals surface area contributed by atoms with Gasteiger partial charge in [-0.2, -0.15) is 14.0 Å². The second-order valence-corrected chi connectivity index (χ2v) is 10.2. The Morgan fingerprint density at radius 1 is 0.947 bits per heavy atom. The zero-order chi connectivity index (χ0) is 26.7. The molecule has 0 aliphatic rings. The van der Waals surface area contributed by atoms with Crippen molar-refractivity contribution in [3.8, 4) is 0 Å². The summed E-state index contributed by atoms with van der Waals surface area (Å²) in [5, 5.41) is 21.6. The van der Waals surface area contributed by atoms with Gasteiger partial charge in [0.2, 0.25) is 5.95 Å². The highest BCUT2D eigenvalue weighted by atomic mass is 19.1. The van der Waals surface area contributed by atoms with Crippen molar-refractivity contribution in [2.45, 2.75) is 77.3 Å². The summed E-state index contributed by atoms with van der Waals surface area (Å²) in [6, 6.07) is 15.4. The molecule has 0 aliphatic heterocycles. The number of aliphatic hydroxyl groups is 1. The highest BCUT2D eigenvalue weighted by Crippen LogP contribution is 2.25. The lowest BCUT2D eigenvalue weighted by atomic mass is 10.0. The summed E-state index contributed by atoms with van der Waals surface area (Å²) in [5.41, 5.74) is 4.18. The van der Waals surface area contributed by atoms with Crippen molar-refractivity contribution >= 4 is 17.3 Å². The van der Waals surface area contributed by atoms with Crippen LogP contribution >= 0.6 is 0 Å². The molecule has 4 rings (SSSR count). The van der Waals surface area contributed by atoms with Crippen molar-refractivity contribution in [3.63, 3.8) is 0 Å². The quantitative estimate of drug-likeness (QED) is 0.125. The number of halogens is 1. The number of aromatic nitrogens is 4. The molecule has 0 amide bonds. The Hall–Kier alpha value is -3.52. The van der Waals surface area contributed by atoms with Gasteiger partial charge in [-0.15, -0.1) is 0 Å². The van der Waals surface area contributed by atoms with Crippen molar-refractivity contribution in [1.29, 1.82) is 0 Å². The third kappa shape index (κ3) is 7.74. The number of fused-ring (bicyclic) bond motifs is 1. The number of nitrogens with zero attached hydrogens (tertiary/aromatic N) is 4. The van der Waals surface area contributed by atoms with E-state index in [1.54, 1.807) is 6.20 Å². The van der Waals surface area contributed by atoms with Gasteiger partial charge in [0.05, 0.1) is 18.8 Å². The predicted octanol–water partition coefficient (Wildman–Crippen LogP) is 6.36.